The molecule has 2 rings (SSSR count). The number of rotatable bonds is 3. The Hall–Kier alpha value is -2.01. The van der Waals surface area contributed by atoms with Gasteiger partial charge < -0.3 is 11.1 Å². The second-order valence-corrected chi connectivity index (χ2v) is 4.10. The second kappa shape index (κ2) is 4.47. The van der Waals surface area contributed by atoms with Crippen molar-refractivity contribution in [2.75, 3.05) is 17.6 Å². The van der Waals surface area contributed by atoms with E-state index >= 15 is 0 Å². The fraction of sp³-hybridized carbons (Fsp3) is 0.0909. The lowest BCUT2D eigenvalue weighted by atomic mass is 10.2. The maximum Gasteiger partial charge on any atom is 0.260 e. The van der Waals surface area contributed by atoms with Gasteiger partial charge in [-0.25, -0.2) is 4.98 Å². The van der Waals surface area contributed by atoms with E-state index in [0.717, 1.165) is 0 Å². The highest BCUT2D eigenvalue weighted by molar-refractivity contribution is 6.29. The Morgan fingerprint density at radius 3 is 3.06 bits per heavy atom. The van der Waals surface area contributed by atoms with Crippen LogP contribution in [0.4, 0.5) is 11.6 Å². The number of hydrogen-bond acceptors (Lipinski definition) is 4. The molecule has 0 aliphatic heterocycles. The summed E-state index contributed by atoms with van der Waals surface area (Å²) in [5, 5.41) is 3.76. The van der Waals surface area contributed by atoms with Crippen LogP contribution in [-0.2, 0) is 0 Å². The van der Waals surface area contributed by atoms with Gasteiger partial charge in [0.2, 0.25) is 5.95 Å². The zero-order chi connectivity index (χ0) is 12.4. The number of aromatic nitrogens is 2. The lowest BCUT2D eigenvalue weighted by Crippen LogP contribution is -2.14. The van der Waals surface area contributed by atoms with Crippen LogP contribution in [0.5, 0.6) is 0 Å². The average molecular weight is 251 g/mol. The first kappa shape index (κ1) is 11.5. The van der Waals surface area contributed by atoms with Crippen molar-refractivity contribution in [1.82, 2.24) is 9.97 Å². The number of fused-ring (bicyclic) bond motifs is 1. The average Bonchev–Trinajstić information content (AvgIpc) is 2.27. The fourth-order valence-corrected chi connectivity index (χ4v) is 1.49. The van der Waals surface area contributed by atoms with Gasteiger partial charge in [-0.2, -0.15) is 0 Å². The molecule has 2 aromatic rings. The molecular formula is C11H11ClN4O. The van der Waals surface area contributed by atoms with Gasteiger partial charge in [0.05, 0.1) is 17.4 Å². The fourth-order valence-electron chi connectivity index (χ4n) is 1.42. The molecule has 0 fully saturated rings. The van der Waals surface area contributed by atoms with Gasteiger partial charge in [0, 0.05) is 10.7 Å². The third-order valence-corrected chi connectivity index (χ3v) is 2.31. The Kier molecular flexibility index (Phi) is 3.01. The predicted octanol–water partition coefficient (Wildman–Crippen LogP) is 1.67. The van der Waals surface area contributed by atoms with Crippen LogP contribution in [0.15, 0.2) is 34.6 Å². The van der Waals surface area contributed by atoms with Gasteiger partial charge in [-0.05, 0) is 18.2 Å². The van der Waals surface area contributed by atoms with Crippen LogP contribution in [-0.4, -0.2) is 16.5 Å². The van der Waals surface area contributed by atoms with Gasteiger partial charge >= 0.3 is 0 Å². The van der Waals surface area contributed by atoms with Crippen LogP contribution in [0.3, 0.4) is 0 Å². The zero-order valence-electron chi connectivity index (χ0n) is 8.96. The summed E-state index contributed by atoms with van der Waals surface area (Å²) in [6.07, 6.45) is 0. The lowest BCUT2D eigenvalue weighted by molar-refractivity contribution is 1.12. The number of nitrogen functional groups attached to an aromatic ring is 1. The molecule has 1 aromatic carbocycles. The quantitative estimate of drug-likeness (QED) is 0.724. The Labute approximate surface area is 102 Å². The molecule has 0 aliphatic rings. The number of nitrogens with zero attached hydrogens (tertiary/aromatic N) is 1. The summed E-state index contributed by atoms with van der Waals surface area (Å²) in [6.45, 7) is 3.87. The Balaban J connectivity index is 2.45. The van der Waals surface area contributed by atoms with E-state index in [2.05, 4.69) is 21.9 Å². The van der Waals surface area contributed by atoms with E-state index in [1.54, 1.807) is 18.2 Å². The lowest BCUT2D eigenvalue weighted by Gasteiger charge is -2.05. The highest BCUT2D eigenvalue weighted by atomic mass is 35.5. The maximum absolute atomic E-state index is 11.7. The SMILES string of the molecule is C=C(Cl)CNc1nc2ccc(N)cc2c(=O)[nH]1. The first-order valence-corrected chi connectivity index (χ1v) is 5.31. The molecule has 0 bridgehead atoms. The third kappa shape index (κ3) is 2.57. The van der Waals surface area contributed by atoms with Crippen molar-refractivity contribution in [2.45, 2.75) is 0 Å². The van der Waals surface area contributed by atoms with Crippen molar-refractivity contribution in [3.05, 3.63) is 40.2 Å². The summed E-state index contributed by atoms with van der Waals surface area (Å²) in [4.78, 5) is 18.6. The van der Waals surface area contributed by atoms with Crippen molar-refractivity contribution >= 4 is 34.1 Å². The van der Waals surface area contributed by atoms with Crippen molar-refractivity contribution in [1.29, 1.82) is 0 Å². The van der Waals surface area contributed by atoms with E-state index in [4.69, 9.17) is 17.3 Å². The number of halogens is 1. The van der Waals surface area contributed by atoms with Gasteiger partial charge in [0.25, 0.3) is 5.56 Å². The van der Waals surface area contributed by atoms with Crippen LogP contribution in [0.2, 0.25) is 0 Å². The molecule has 0 amide bonds. The molecule has 0 aliphatic carbocycles. The molecule has 88 valence electrons. The molecule has 1 aromatic heterocycles. The molecule has 0 unspecified atom stereocenters. The van der Waals surface area contributed by atoms with Gasteiger partial charge in [0.1, 0.15) is 0 Å². The van der Waals surface area contributed by atoms with E-state index in [9.17, 15) is 4.79 Å². The first-order chi connectivity index (χ1) is 8.06. The van der Waals surface area contributed by atoms with Crippen molar-refractivity contribution < 1.29 is 0 Å². The third-order valence-electron chi connectivity index (χ3n) is 2.18. The number of aromatic amines is 1. The second-order valence-electron chi connectivity index (χ2n) is 3.56. The predicted molar refractivity (Wildman–Crippen MR) is 70.3 cm³/mol. The van der Waals surface area contributed by atoms with Crippen LogP contribution in [0.25, 0.3) is 10.9 Å². The van der Waals surface area contributed by atoms with E-state index in [0.29, 0.717) is 34.1 Å². The number of benzene rings is 1. The van der Waals surface area contributed by atoms with E-state index < -0.39 is 0 Å². The van der Waals surface area contributed by atoms with Crippen molar-refractivity contribution in [3.8, 4) is 0 Å². The van der Waals surface area contributed by atoms with Gasteiger partial charge in [-0.3, -0.25) is 9.78 Å². The van der Waals surface area contributed by atoms with Gasteiger partial charge in [0.15, 0.2) is 0 Å². The number of H-pyrrole nitrogens is 1. The summed E-state index contributed by atoms with van der Waals surface area (Å²) in [7, 11) is 0. The molecule has 1 heterocycles. The molecule has 0 saturated carbocycles. The molecule has 5 nitrogen and oxygen atoms in total. The molecule has 4 N–H and O–H groups in total. The van der Waals surface area contributed by atoms with E-state index in [-0.39, 0.29) is 5.56 Å². The van der Waals surface area contributed by atoms with Crippen LogP contribution in [0.1, 0.15) is 0 Å². The normalized spacial score (nSPS) is 10.4. The minimum atomic E-state index is -0.245. The van der Waals surface area contributed by atoms with Crippen LogP contribution in [0, 0.1) is 0 Å². The number of anilines is 2. The Morgan fingerprint density at radius 1 is 1.59 bits per heavy atom. The van der Waals surface area contributed by atoms with Gasteiger partial charge in [-0.1, -0.05) is 18.2 Å². The molecule has 0 atom stereocenters. The standard InChI is InChI=1S/C11H11ClN4O/c1-6(12)5-14-11-15-9-3-2-7(13)4-8(9)10(17)16-11/h2-4H,1,5,13H2,(H2,14,15,16,17). The van der Waals surface area contributed by atoms with Gasteiger partial charge in [-0.15, -0.1) is 0 Å². The van der Waals surface area contributed by atoms with Crippen molar-refractivity contribution in [2.24, 2.45) is 0 Å². The minimum Gasteiger partial charge on any atom is -0.399 e. The Bertz CT molecular complexity index is 635. The summed E-state index contributed by atoms with van der Waals surface area (Å²) in [5.74, 6) is 0.356. The molecular weight excluding hydrogens is 240 g/mol. The first-order valence-electron chi connectivity index (χ1n) is 4.93. The van der Waals surface area contributed by atoms with Crippen LogP contribution >= 0.6 is 11.6 Å². The van der Waals surface area contributed by atoms with Crippen LogP contribution < -0.4 is 16.6 Å². The Morgan fingerprint density at radius 2 is 2.35 bits per heavy atom. The molecule has 0 radical (unpaired) electrons. The summed E-state index contributed by atoms with van der Waals surface area (Å²) in [6, 6.07) is 4.98. The number of hydrogen-bond donors (Lipinski definition) is 3. The summed E-state index contributed by atoms with van der Waals surface area (Å²) >= 11 is 5.61. The largest absolute Gasteiger partial charge is 0.399 e. The van der Waals surface area contributed by atoms with Crippen molar-refractivity contribution in [3.63, 3.8) is 0 Å². The number of nitrogens with two attached hydrogens (primary N) is 1. The molecule has 0 saturated heterocycles. The number of nitrogens with one attached hydrogen (secondary N) is 2. The molecule has 17 heavy (non-hydrogen) atoms. The zero-order valence-corrected chi connectivity index (χ0v) is 9.71. The van der Waals surface area contributed by atoms with E-state index in [1.807, 2.05) is 0 Å². The highest BCUT2D eigenvalue weighted by Crippen LogP contribution is 2.12. The molecule has 6 heteroatoms. The summed E-state index contributed by atoms with van der Waals surface area (Å²) < 4.78 is 0. The molecule has 0 spiro atoms. The monoisotopic (exact) mass is 250 g/mol. The topological polar surface area (TPSA) is 83.8 Å². The summed E-state index contributed by atoms with van der Waals surface area (Å²) in [5.41, 5.74) is 6.46. The van der Waals surface area contributed by atoms with E-state index in [1.165, 1.54) is 0 Å². The highest BCUT2D eigenvalue weighted by Gasteiger charge is 2.03. The smallest absolute Gasteiger partial charge is 0.260 e. The maximum atomic E-state index is 11.7. The minimum absolute atomic E-state index is 0.245.